The number of aryl methyl sites for hydroxylation is 1. The van der Waals surface area contributed by atoms with Gasteiger partial charge in [-0.15, -0.1) is 5.73 Å². The molecule has 1 fully saturated rings. The normalized spacial score (nSPS) is 13.3. The van der Waals surface area contributed by atoms with E-state index in [4.69, 9.17) is 10.0 Å². The molecule has 0 atom stereocenters. The van der Waals surface area contributed by atoms with Crippen LogP contribution in [-0.4, -0.2) is 73.7 Å². The molecule has 7 nitrogen and oxygen atoms in total. The van der Waals surface area contributed by atoms with Gasteiger partial charge in [0.2, 0.25) is 0 Å². The van der Waals surface area contributed by atoms with Crippen LogP contribution in [0.15, 0.2) is 90.8 Å². The Bertz CT molecular complexity index is 1000. The summed E-state index contributed by atoms with van der Waals surface area (Å²) in [6, 6.07) is 14.9. The molecule has 2 aromatic rings. The summed E-state index contributed by atoms with van der Waals surface area (Å²) in [4.78, 5) is 27.4. The van der Waals surface area contributed by atoms with Crippen molar-refractivity contribution in [3.8, 4) is 0 Å². The second-order valence-corrected chi connectivity index (χ2v) is 7.27. The second kappa shape index (κ2) is 17.7. The van der Waals surface area contributed by atoms with E-state index in [1.807, 2.05) is 6.79 Å². The summed E-state index contributed by atoms with van der Waals surface area (Å²) >= 11 is 0. The molecule has 1 aliphatic heterocycles. The highest BCUT2D eigenvalue weighted by Crippen LogP contribution is 2.14. The van der Waals surface area contributed by atoms with Crippen LogP contribution in [-0.2, 0) is 9.59 Å². The van der Waals surface area contributed by atoms with Crippen molar-refractivity contribution < 1.29 is 14.8 Å². The molecule has 7 heteroatoms. The standard InChI is InChI=1S/C12H20N4O2.C11H10.C3H4.CH2O/c1-10(16-8-6-15(3)7-9-16)4-5-11(13-2)12(17)14-18;1-9-6-7-10-4-2-3-5-11(10)8-9;1-3-2;1-2/h4-5,18H,1,6-9H2,2-3H3,(H,14,17);2-8H,1H3;1-2H2;1H2/b5-4-,13-11?;;;. The lowest BCUT2D eigenvalue weighted by atomic mass is 10.1. The number of nitrogens with one attached hydrogen (secondary N) is 1. The van der Waals surface area contributed by atoms with Crippen LogP contribution in [0.4, 0.5) is 0 Å². The number of hydrogen-bond acceptors (Lipinski definition) is 6. The highest BCUT2D eigenvalue weighted by Gasteiger charge is 2.14. The number of amides is 1. The zero-order valence-corrected chi connectivity index (χ0v) is 20.5. The van der Waals surface area contributed by atoms with Gasteiger partial charge in [-0.05, 0) is 36.9 Å². The van der Waals surface area contributed by atoms with E-state index < -0.39 is 5.91 Å². The van der Waals surface area contributed by atoms with Gasteiger partial charge in [0.1, 0.15) is 12.5 Å². The van der Waals surface area contributed by atoms with Crippen LogP contribution in [0.5, 0.6) is 0 Å². The Hall–Kier alpha value is -3.77. The average Bonchev–Trinajstić information content (AvgIpc) is 2.86. The molecule has 2 aromatic carbocycles. The van der Waals surface area contributed by atoms with Gasteiger partial charge in [0, 0.05) is 38.9 Å². The molecular weight excluding hydrogens is 428 g/mol. The average molecular weight is 465 g/mol. The van der Waals surface area contributed by atoms with Crippen molar-refractivity contribution in [2.24, 2.45) is 4.99 Å². The minimum atomic E-state index is -0.625. The molecule has 0 aromatic heterocycles. The van der Waals surface area contributed by atoms with Crippen molar-refractivity contribution in [3.05, 3.63) is 91.3 Å². The number of likely N-dealkylation sites (N-methyl/N-ethyl adjacent to an activating group) is 1. The van der Waals surface area contributed by atoms with Crippen LogP contribution < -0.4 is 5.48 Å². The first-order valence-corrected chi connectivity index (χ1v) is 10.6. The topological polar surface area (TPSA) is 85.2 Å². The number of rotatable bonds is 4. The fraction of sp³-hybridized carbons (Fsp3) is 0.259. The molecule has 0 unspecified atom stereocenters. The summed E-state index contributed by atoms with van der Waals surface area (Å²) in [6.45, 7) is 18.2. The lowest BCUT2D eigenvalue weighted by Crippen LogP contribution is -2.43. The number of hydroxylamine groups is 1. The summed E-state index contributed by atoms with van der Waals surface area (Å²) in [5.74, 6) is -0.625. The third-order valence-corrected chi connectivity index (χ3v) is 4.82. The molecule has 1 saturated heterocycles. The summed E-state index contributed by atoms with van der Waals surface area (Å²) < 4.78 is 0. The fourth-order valence-electron chi connectivity index (χ4n) is 2.99. The minimum absolute atomic E-state index is 0.160. The van der Waals surface area contributed by atoms with E-state index in [2.05, 4.69) is 96.7 Å². The smallest absolute Gasteiger partial charge is 0.292 e. The SMILES string of the molecule is C=C(/C=C\C(=NC)C(=O)NO)N1CCN(C)CC1.C=C=C.C=O.Cc1ccc2ccccc2c1. The van der Waals surface area contributed by atoms with Crippen molar-refractivity contribution in [3.63, 3.8) is 0 Å². The first-order chi connectivity index (χ1) is 16.4. The number of allylic oxidation sites excluding steroid dienone is 1. The Morgan fingerprint density at radius 1 is 1.06 bits per heavy atom. The Labute approximate surface area is 203 Å². The van der Waals surface area contributed by atoms with Crippen LogP contribution in [0.25, 0.3) is 10.8 Å². The van der Waals surface area contributed by atoms with Crippen molar-refractivity contribution >= 4 is 29.2 Å². The molecular formula is C27H36N4O3. The van der Waals surface area contributed by atoms with Gasteiger partial charge in [-0.3, -0.25) is 15.0 Å². The van der Waals surface area contributed by atoms with Crippen molar-refractivity contribution in [2.75, 3.05) is 40.3 Å². The summed E-state index contributed by atoms with van der Waals surface area (Å²) in [5.41, 5.74) is 6.13. The Kier molecular flexibility index (Phi) is 15.8. The molecule has 0 saturated carbocycles. The molecule has 0 spiro atoms. The van der Waals surface area contributed by atoms with Crippen molar-refractivity contribution in [1.82, 2.24) is 15.3 Å². The van der Waals surface area contributed by atoms with Crippen LogP contribution in [0.3, 0.4) is 0 Å². The van der Waals surface area contributed by atoms with E-state index in [0.29, 0.717) is 0 Å². The van der Waals surface area contributed by atoms with Gasteiger partial charge in [-0.1, -0.05) is 67.8 Å². The fourth-order valence-corrected chi connectivity index (χ4v) is 2.99. The highest BCUT2D eigenvalue weighted by molar-refractivity contribution is 6.43. The molecule has 34 heavy (non-hydrogen) atoms. The molecule has 1 amide bonds. The maximum absolute atomic E-state index is 11.2. The first-order valence-electron chi connectivity index (χ1n) is 10.6. The molecule has 1 heterocycles. The number of carbonyl (C=O) groups excluding carboxylic acids is 2. The Morgan fingerprint density at radius 3 is 2.15 bits per heavy atom. The predicted octanol–water partition coefficient (Wildman–Crippen LogP) is 3.80. The van der Waals surface area contributed by atoms with Crippen LogP contribution >= 0.6 is 0 Å². The highest BCUT2D eigenvalue weighted by atomic mass is 16.5. The summed E-state index contributed by atoms with van der Waals surface area (Å²) in [7, 11) is 3.58. The molecule has 1 aliphatic rings. The van der Waals surface area contributed by atoms with Gasteiger partial charge < -0.3 is 14.6 Å². The maximum atomic E-state index is 11.2. The van der Waals surface area contributed by atoms with E-state index in [9.17, 15) is 4.79 Å². The number of nitrogens with zero attached hydrogens (tertiary/aromatic N) is 3. The lowest BCUT2D eigenvalue weighted by Gasteiger charge is -2.34. The Balaban J connectivity index is 0.000000575. The number of benzene rings is 2. The molecule has 2 N–H and O–H groups in total. The van der Waals surface area contributed by atoms with Crippen LogP contribution in [0.1, 0.15) is 5.56 Å². The Morgan fingerprint density at radius 2 is 1.62 bits per heavy atom. The van der Waals surface area contributed by atoms with E-state index in [1.165, 1.54) is 23.4 Å². The largest absolute Gasteiger partial charge is 0.369 e. The summed E-state index contributed by atoms with van der Waals surface area (Å²) in [5, 5.41) is 11.2. The van der Waals surface area contributed by atoms with Gasteiger partial charge in [0.15, 0.2) is 0 Å². The number of piperazine rings is 1. The van der Waals surface area contributed by atoms with Crippen molar-refractivity contribution in [2.45, 2.75) is 6.92 Å². The quantitative estimate of drug-likeness (QED) is 0.236. The van der Waals surface area contributed by atoms with E-state index >= 15 is 0 Å². The zero-order chi connectivity index (χ0) is 25.9. The van der Waals surface area contributed by atoms with Gasteiger partial charge in [-0.25, -0.2) is 5.48 Å². The van der Waals surface area contributed by atoms with Gasteiger partial charge in [-0.2, -0.15) is 0 Å². The molecule has 0 bridgehead atoms. The number of fused-ring (bicyclic) bond motifs is 1. The van der Waals surface area contributed by atoms with Gasteiger partial charge >= 0.3 is 0 Å². The van der Waals surface area contributed by atoms with Crippen LogP contribution in [0, 0.1) is 6.92 Å². The van der Waals surface area contributed by atoms with E-state index in [1.54, 1.807) is 17.6 Å². The predicted molar refractivity (Wildman–Crippen MR) is 141 cm³/mol. The summed E-state index contributed by atoms with van der Waals surface area (Å²) in [6.07, 6.45) is 3.29. The van der Waals surface area contributed by atoms with E-state index in [-0.39, 0.29) is 5.71 Å². The minimum Gasteiger partial charge on any atom is -0.369 e. The number of hydrogen-bond donors (Lipinski definition) is 2. The second-order valence-electron chi connectivity index (χ2n) is 7.27. The monoisotopic (exact) mass is 464 g/mol. The third-order valence-electron chi connectivity index (χ3n) is 4.82. The van der Waals surface area contributed by atoms with E-state index in [0.717, 1.165) is 31.9 Å². The van der Waals surface area contributed by atoms with Crippen molar-refractivity contribution in [1.29, 1.82) is 0 Å². The maximum Gasteiger partial charge on any atom is 0.292 e. The van der Waals surface area contributed by atoms with Crippen LogP contribution in [0.2, 0.25) is 0 Å². The number of aliphatic imine (C=N–C) groups is 1. The van der Waals surface area contributed by atoms with Gasteiger partial charge in [0.25, 0.3) is 5.91 Å². The number of carbonyl (C=O) groups is 2. The third kappa shape index (κ3) is 11.2. The molecule has 0 aliphatic carbocycles. The first kappa shape index (κ1) is 30.2. The molecule has 182 valence electrons. The lowest BCUT2D eigenvalue weighted by molar-refractivity contribution is -0.122. The zero-order valence-electron chi connectivity index (χ0n) is 20.5. The molecule has 3 rings (SSSR count). The van der Waals surface area contributed by atoms with Gasteiger partial charge in [0.05, 0.1) is 0 Å². The molecule has 0 radical (unpaired) electrons.